The lowest BCUT2D eigenvalue weighted by atomic mass is 9.98. The molecular formula is C18H32N2. The average Bonchev–Trinajstić information content (AvgIpc) is 2.48. The zero-order valence-electron chi connectivity index (χ0n) is 13.9. The van der Waals surface area contributed by atoms with Crippen LogP contribution in [0.15, 0.2) is 24.3 Å². The third-order valence-corrected chi connectivity index (χ3v) is 4.19. The monoisotopic (exact) mass is 276 g/mol. The maximum Gasteiger partial charge on any atom is 0.0366 e. The molecule has 0 radical (unpaired) electrons. The summed E-state index contributed by atoms with van der Waals surface area (Å²) in [6, 6.07) is 9.46. The molecule has 0 bridgehead atoms. The molecule has 0 amide bonds. The van der Waals surface area contributed by atoms with E-state index in [1.807, 2.05) is 0 Å². The molecule has 2 atom stereocenters. The second kappa shape index (κ2) is 9.02. The Morgan fingerprint density at radius 2 is 1.75 bits per heavy atom. The molecule has 0 aromatic heterocycles. The Morgan fingerprint density at radius 1 is 1.10 bits per heavy atom. The fourth-order valence-electron chi connectivity index (χ4n) is 2.47. The first-order valence-electron chi connectivity index (χ1n) is 8.17. The molecule has 2 heteroatoms. The fraction of sp³-hybridized carbons (Fsp3) is 0.667. The molecule has 0 saturated heterocycles. The van der Waals surface area contributed by atoms with Crippen LogP contribution in [0.4, 0.5) is 5.69 Å². The van der Waals surface area contributed by atoms with Gasteiger partial charge in [0.15, 0.2) is 0 Å². The van der Waals surface area contributed by atoms with E-state index in [9.17, 15) is 0 Å². The second-order valence-electron chi connectivity index (χ2n) is 5.82. The van der Waals surface area contributed by atoms with Gasteiger partial charge < -0.3 is 10.2 Å². The lowest BCUT2D eigenvalue weighted by molar-refractivity contribution is 0.367. The molecule has 0 heterocycles. The van der Waals surface area contributed by atoms with Crippen molar-refractivity contribution in [2.75, 3.05) is 24.5 Å². The van der Waals surface area contributed by atoms with Crippen molar-refractivity contribution in [3.8, 4) is 0 Å². The van der Waals surface area contributed by atoms with Crippen LogP contribution in [0.1, 0.15) is 46.1 Å². The van der Waals surface area contributed by atoms with Crippen LogP contribution in [-0.2, 0) is 0 Å². The first-order chi connectivity index (χ1) is 9.62. The third kappa shape index (κ3) is 5.16. The largest absolute Gasteiger partial charge is 0.370 e. The van der Waals surface area contributed by atoms with Gasteiger partial charge in [-0.25, -0.2) is 0 Å². The highest BCUT2D eigenvalue weighted by atomic mass is 15.2. The van der Waals surface area contributed by atoms with E-state index < -0.39 is 0 Å². The molecule has 20 heavy (non-hydrogen) atoms. The van der Waals surface area contributed by atoms with Gasteiger partial charge in [-0.3, -0.25) is 0 Å². The van der Waals surface area contributed by atoms with Crippen molar-refractivity contribution in [3.63, 3.8) is 0 Å². The normalized spacial score (nSPS) is 14.1. The molecule has 2 nitrogen and oxygen atoms in total. The van der Waals surface area contributed by atoms with Gasteiger partial charge in [0.1, 0.15) is 0 Å². The molecule has 0 aliphatic heterocycles. The van der Waals surface area contributed by atoms with Gasteiger partial charge in [0.05, 0.1) is 0 Å². The summed E-state index contributed by atoms with van der Waals surface area (Å²) in [6.45, 7) is 14.5. The van der Waals surface area contributed by atoms with Gasteiger partial charge in [0, 0.05) is 24.8 Å². The highest BCUT2D eigenvalue weighted by molar-refractivity contribution is 5.47. The molecule has 0 aliphatic rings. The van der Waals surface area contributed by atoms with E-state index >= 15 is 0 Å². The molecule has 1 aromatic carbocycles. The molecule has 0 fully saturated rings. The molecule has 0 saturated carbocycles. The van der Waals surface area contributed by atoms with Crippen molar-refractivity contribution in [1.29, 1.82) is 0 Å². The Morgan fingerprint density at radius 3 is 2.25 bits per heavy atom. The van der Waals surface area contributed by atoms with E-state index in [0.29, 0.717) is 12.0 Å². The first kappa shape index (κ1) is 17.0. The first-order valence-corrected chi connectivity index (χ1v) is 8.17. The molecule has 1 N–H and O–H groups in total. The number of nitrogens with zero attached hydrogens (tertiary/aromatic N) is 1. The molecular weight excluding hydrogens is 244 g/mol. The minimum atomic E-state index is 0.571. The Hall–Kier alpha value is -1.02. The number of benzene rings is 1. The van der Waals surface area contributed by atoms with Gasteiger partial charge in [0.2, 0.25) is 0 Å². The van der Waals surface area contributed by atoms with Crippen LogP contribution < -0.4 is 10.2 Å². The summed E-state index contributed by atoms with van der Waals surface area (Å²) in [5.74, 6) is 0.709. The number of hydrogen-bond donors (Lipinski definition) is 1. The van der Waals surface area contributed by atoms with E-state index in [1.165, 1.54) is 24.1 Å². The van der Waals surface area contributed by atoms with Gasteiger partial charge in [0.25, 0.3) is 0 Å². The third-order valence-electron chi connectivity index (χ3n) is 4.19. The number of rotatable bonds is 9. The number of nitrogens with one attached hydrogen (secondary N) is 1. The summed E-state index contributed by atoms with van der Waals surface area (Å²) in [5, 5.41) is 3.72. The lowest BCUT2D eigenvalue weighted by Gasteiger charge is -2.32. The van der Waals surface area contributed by atoms with Gasteiger partial charge in [-0.1, -0.05) is 44.9 Å². The van der Waals surface area contributed by atoms with Gasteiger partial charge in [-0.05, 0) is 44.9 Å². The summed E-state index contributed by atoms with van der Waals surface area (Å²) in [4.78, 5) is 2.49. The zero-order chi connectivity index (χ0) is 15.0. The van der Waals surface area contributed by atoms with Gasteiger partial charge in [-0.15, -0.1) is 0 Å². The van der Waals surface area contributed by atoms with Gasteiger partial charge in [-0.2, -0.15) is 0 Å². The summed E-state index contributed by atoms with van der Waals surface area (Å²) in [7, 11) is 0. The van der Waals surface area contributed by atoms with Crippen molar-refractivity contribution in [3.05, 3.63) is 29.8 Å². The van der Waals surface area contributed by atoms with Gasteiger partial charge >= 0.3 is 0 Å². The Labute approximate surface area is 125 Å². The van der Waals surface area contributed by atoms with Crippen molar-refractivity contribution in [2.24, 2.45) is 5.92 Å². The van der Waals surface area contributed by atoms with Crippen molar-refractivity contribution < 1.29 is 0 Å². The second-order valence-corrected chi connectivity index (χ2v) is 5.82. The smallest absolute Gasteiger partial charge is 0.0366 e. The van der Waals surface area contributed by atoms with E-state index in [0.717, 1.165) is 19.6 Å². The van der Waals surface area contributed by atoms with E-state index in [2.05, 4.69) is 69.1 Å². The standard InChI is InChI=1S/C18H32N2/c1-6-13-19-18(16(5)7-2)14-20(8-3)17-11-9-15(4)10-12-17/h9-12,16,18-19H,6-8,13-14H2,1-5H3. The van der Waals surface area contributed by atoms with Crippen molar-refractivity contribution >= 4 is 5.69 Å². The van der Waals surface area contributed by atoms with Crippen molar-refractivity contribution in [2.45, 2.75) is 53.5 Å². The summed E-state index contributed by atoms with van der Waals surface area (Å²) < 4.78 is 0. The van der Waals surface area contributed by atoms with Crippen LogP contribution in [-0.4, -0.2) is 25.7 Å². The van der Waals surface area contributed by atoms with Crippen LogP contribution >= 0.6 is 0 Å². The molecule has 1 rings (SSSR count). The predicted molar refractivity (Wildman–Crippen MR) is 90.6 cm³/mol. The number of likely N-dealkylation sites (N-methyl/N-ethyl adjacent to an activating group) is 1. The molecule has 0 aliphatic carbocycles. The Balaban J connectivity index is 2.74. The quantitative estimate of drug-likeness (QED) is 0.726. The minimum absolute atomic E-state index is 0.571. The average molecular weight is 276 g/mol. The fourth-order valence-corrected chi connectivity index (χ4v) is 2.47. The molecule has 1 aromatic rings. The van der Waals surface area contributed by atoms with Crippen LogP contribution in [0.3, 0.4) is 0 Å². The van der Waals surface area contributed by atoms with Crippen LogP contribution in [0, 0.1) is 12.8 Å². The van der Waals surface area contributed by atoms with Crippen molar-refractivity contribution in [1.82, 2.24) is 5.32 Å². The molecule has 114 valence electrons. The summed E-state index contributed by atoms with van der Waals surface area (Å²) >= 11 is 0. The maximum absolute atomic E-state index is 3.72. The van der Waals surface area contributed by atoms with Crippen LogP contribution in [0.2, 0.25) is 0 Å². The van der Waals surface area contributed by atoms with Crippen LogP contribution in [0.25, 0.3) is 0 Å². The number of hydrogen-bond acceptors (Lipinski definition) is 2. The Bertz CT molecular complexity index is 358. The summed E-state index contributed by atoms with van der Waals surface area (Å²) in [5.41, 5.74) is 2.66. The lowest BCUT2D eigenvalue weighted by Crippen LogP contribution is -2.45. The summed E-state index contributed by atoms with van der Waals surface area (Å²) in [6.07, 6.45) is 2.43. The number of anilines is 1. The molecule has 2 unspecified atom stereocenters. The van der Waals surface area contributed by atoms with Crippen LogP contribution in [0.5, 0.6) is 0 Å². The molecule has 0 spiro atoms. The Kier molecular flexibility index (Phi) is 7.68. The highest BCUT2D eigenvalue weighted by Gasteiger charge is 2.18. The van der Waals surface area contributed by atoms with E-state index in [4.69, 9.17) is 0 Å². The minimum Gasteiger partial charge on any atom is -0.370 e. The topological polar surface area (TPSA) is 15.3 Å². The number of aryl methyl sites for hydroxylation is 1. The predicted octanol–water partition coefficient (Wildman–Crippen LogP) is 4.24. The zero-order valence-corrected chi connectivity index (χ0v) is 13.9. The maximum atomic E-state index is 3.72. The van der Waals surface area contributed by atoms with E-state index in [-0.39, 0.29) is 0 Å². The highest BCUT2D eigenvalue weighted by Crippen LogP contribution is 2.18. The SMILES string of the molecule is CCCNC(CN(CC)c1ccc(C)cc1)C(C)CC. The van der Waals surface area contributed by atoms with E-state index in [1.54, 1.807) is 0 Å².